The smallest absolute Gasteiger partial charge is 0.255 e. The molecule has 0 radical (unpaired) electrons. The summed E-state index contributed by atoms with van der Waals surface area (Å²) in [5.41, 5.74) is 3.40. The van der Waals surface area contributed by atoms with Gasteiger partial charge < -0.3 is 14.7 Å². The summed E-state index contributed by atoms with van der Waals surface area (Å²) in [5.74, 6) is 0.584. The van der Waals surface area contributed by atoms with Crippen molar-refractivity contribution in [2.75, 3.05) is 46.3 Å². The van der Waals surface area contributed by atoms with Gasteiger partial charge in [-0.3, -0.25) is 9.59 Å². The Hall–Kier alpha value is -2.80. The Balaban J connectivity index is 1.29. The molecule has 2 amide bonds. The molecule has 32 heavy (non-hydrogen) atoms. The van der Waals surface area contributed by atoms with Gasteiger partial charge in [-0.1, -0.05) is 24.3 Å². The average Bonchev–Trinajstić information content (AvgIpc) is 3.13. The second-order valence-corrected chi connectivity index (χ2v) is 9.58. The second kappa shape index (κ2) is 8.62. The summed E-state index contributed by atoms with van der Waals surface area (Å²) in [5, 5.41) is 7.62. The van der Waals surface area contributed by atoms with Crippen LogP contribution in [0.4, 0.5) is 0 Å². The van der Waals surface area contributed by atoms with Crippen LogP contribution < -0.4 is 0 Å². The number of fused-ring (bicyclic) bond motifs is 2. The lowest BCUT2D eigenvalue weighted by Crippen LogP contribution is -2.47. The van der Waals surface area contributed by atoms with E-state index in [1.54, 1.807) is 12.3 Å². The van der Waals surface area contributed by atoms with Crippen molar-refractivity contribution in [1.82, 2.24) is 24.9 Å². The molecule has 1 aromatic heterocycles. The highest BCUT2D eigenvalue weighted by Crippen LogP contribution is 2.52. The van der Waals surface area contributed by atoms with Crippen LogP contribution in [0.15, 0.2) is 42.7 Å². The number of piperidine rings is 1. The van der Waals surface area contributed by atoms with Gasteiger partial charge in [-0.05, 0) is 54.8 Å². The molecule has 0 unspecified atom stereocenters. The zero-order chi connectivity index (χ0) is 22.1. The Kier molecular flexibility index (Phi) is 5.67. The molecular formula is C25H31N5O2. The maximum absolute atomic E-state index is 13.1. The molecule has 1 aliphatic carbocycles. The fraction of sp³-hybridized carbons (Fsp3) is 0.520. The topological polar surface area (TPSA) is 69.6 Å². The molecule has 1 aromatic carbocycles. The van der Waals surface area contributed by atoms with Crippen LogP contribution >= 0.6 is 0 Å². The standard InChI is InChI=1S/C25H31N5O2/c1-28-12-14-29(15-13-28)23(31)16-20-17-25(22-5-3-2-4-21(20)22)7-10-30(11-8-25)24(32)19-6-9-26-27-18-19/h2-6,9,18,20H,7-8,10-17H2,1H3/t20-/m1/s1. The summed E-state index contributed by atoms with van der Waals surface area (Å²) in [6, 6.07) is 10.4. The van der Waals surface area contributed by atoms with E-state index in [0.717, 1.165) is 58.5 Å². The van der Waals surface area contributed by atoms with Crippen molar-refractivity contribution < 1.29 is 9.59 Å². The highest BCUT2D eigenvalue weighted by Gasteiger charge is 2.46. The number of carbonyl (C=O) groups is 2. The van der Waals surface area contributed by atoms with Crippen LogP contribution in [0.25, 0.3) is 0 Å². The van der Waals surface area contributed by atoms with Gasteiger partial charge in [0.05, 0.1) is 18.0 Å². The van der Waals surface area contributed by atoms with E-state index in [2.05, 4.69) is 46.4 Å². The first-order valence-corrected chi connectivity index (χ1v) is 11.7. The first-order valence-electron chi connectivity index (χ1n) is 11.7. The summed E-state index contributed by atoms with van der Waals surface area (Å²) in [4.78, 5) is 32.2. The Morgan fingerprint density at radius 2 is 1.72 bits per heavy atom. The molecule has 0 bridgehead atoms. The molecule has 1 atom stereocenters. The molecule has 2 aliphatic heterocycles. The number of piperazine rings is 1. The van der Waals surface area contributed by atoms with Crippen LogP contribution in [0.3, 0.4) is 0 Å². The summed E-state index contributed by atoms with van der Waals surface area (Å²) in [6.07, 6.45) is 6.57. The van der Waals surface area contributed by atoms with Crippen molar-refractivity contribution in [2.24, 2.45) is 0 Å². The molecule has 3 aliphatic rings. The zero-order valence-corrected chi connectivity index (χ0v) is 18.7. The van der Waals surface area contributed by atoms with E-state index in [9.17, 15) is 9.59 Å². The molecule has 3 heterocycles. The van der Waals surface area contributed by atoms with Gasteiger partial charge in [-0.15, -0.1) is 0 Å². The van der Waals surface area contributed by atoms with Gasteiger partial charge in [0.1, 0.15) is 0 Å². The van der Waals surface area contributed by atoms with E-state index < -0.39 is 0 Å². The number of likely N-dealkylation sites (N-methyl/N-ethyl adjacent to an activating group) is 1. The Morgan fingerprint density at radius 1 is 0.969 bits per heavy atom. The number of aromatic nitrogens is 2. The second-order valence-electron chi connectivity index (χ2n) is 9.58. The van der Waals surface area contributed by atoms with Crippen molar-refractivity contribution in [1.29, 1.82) is 0 Å². The number of nitrogens with zero attached hydrogens (tertiary/aromatic N) is 5. The van der Waals surface area contributed by atoms with E-state index in [1.165, 1.54) is 17.3 Å². The molecular weight excluding hydrogens is 402 g/mol. The molecule has 2 fully saturated rings. The number of rotatable bonds is 3. The highest BCUT2D eigenvalue weighted by molar-refractivity contribution is 5.93. The molecule has 7 nitrogen and oxygen atoms in total. The van der Waals surface area contributed by atoms with Crippen molar-refractivity contribution >= 4 is 11.8 Å². The van der Waals surface area contributed by atoms with Gasteiger partial charge in [-0.25, -0.2) is 0 Å². The third-order valence-corrected chi connectivity index (χ3v) is 7.73. The number of hydrogen-bond acceptors (Lipinski definition) is 5. The Labute approximate surface area is 189 Å². The highest BCUT2D eigenvalue weighted by atomic mass is 16.2. The van der Waals surface area contributed by atoms with Gasteiger partial charge in [0.15, 0.2) is 0 Å². The lowest BCUT2D eigenvalue weighted by molar-refractivity contribution is -0.133. The van der Waals surface area contributed by atoms with Gasteiger partial charge in [0.25, 0.3) is 5.91 Å². The van der Waals surface area contributed by atoms with Crippen molar-refractivity contribution in [2.45, 2.75) is 37.0 Å². The fourth-order valence-electron chi connectivity index (χ4n) is 5.82. The van der Waals surface area contributed by atoms with E-state index in [1.807, 2.05) is 9.80 Å². The molecule has 7 heteroatoms. The van der Waals surface area contributed by atoms with Crippen LogP contribution in [-0.4, -0.2) is 83.0 Å². The minimum Gasteiger partial charge on any atom is -0.340 e. The molecule has 0 saturated carbocycles. The van der Waals surface area contributed by atoms with Crippen molar-refractivity contribution in [3.63, 3.8) is 0 Å². The first kappa shape index (κ1) is 21.1. The van der Waals surface area contributed by atoms with Crippen LogP contribution in [-0.2, 0) is 10.2 Å². The van der Waals surface area contributed by atoms with Gasteiger partial charge in [0.2, 0.25) is 5.91 Å². The largest absolute Gasteiger partial charge is 0.340 e. The van der Waals surface area contributed by atoms with Gasteiger partial charge in [0, 0.05) is 45.7 Å². The van der Waals surface area contributed by atoms with E-state index >= 15 is 0 Å². The number of likely N-dealkylation sites (tertiary alicyclic amines) is 1. The van der Waals surface area contributed by atoms with Crippen molar-refractivity contribution in [3.8, 4) is 0 Å². The van der Waals surface area contributed by atoms with Crippen molar-refractivity contribution in [3.05, 3.63) is 59.4 Å². The van der Waals surface area contributed by atoms with Crippen LogP contribution in [0, 0.1) is 0 Å². The quantitative estimate of drug-likeness (QED) is 0.743. The lowest BCUT2D eigenvalue weighted by atomic mass is 9.73. The summed E-state index contributed by atoms with van der Waals surface area (Å²) < 4.78 is 0. The summed E-state index contributed by atoms with van der Waals surface area (Å²) >= 11 is 0. The molecule has 2 saturated heterocycles. The number of amides is 2. The maximum Gasteiger partial charge on any atom is 0.255 e. The minimum atomic E-state index is 0.0304. The van der Waals surface area contributed by atoms with Crippen LogP contribution in [0.5, 0.6) is 0 Å². The molecule has 0 N–H and O–H groups in total. The molecule has 168 valence electrons. The number of benzene rings is 1. The molecule has 5 rings (SSSR count). The van der Waals surface area contributed by atoms with E-state index in [-0.39, 0.29) is 23.1 Å². The Morgan fingerprint density at radius 3 is 2.44 bits per heavy atom. The predicted octanol–water partition coefficient (Wildman–Crippen LogP) is 2.30. The third-order valence-electron chi connectivity index (χ3n) is 7.73. The van der Waals surface area contributed by atoms with Gasteiger partial charge in [-0.2, -0.15) is 10.2 Å². The monoisotopic (exact) mass is 433 g/mol. The minimum absolute atomic E-state index is 0.0304. The van der Waals surface area contributed by atoms with Crippen LogP contribution in [0.2, 0.25) is 0 Å². The average molecular weight is 434 g/mol. The summed E-state index contributed by atoms with van der Waals surface area (Å²) in [7, 11) is 2.11. The van der Waals surface area contributed by atoms with E-state index in [0.29, 0.717) is 12.0 Å². The lowest BCUT2D eigenvalue weighted by Gasteiger charge is -2.40. The fourth-order valence-corrected chi connectivity index (χ4v) is 5.82. The van der Waals surface area contributed by atoms with E-state index in [4.69, 9.17) is 0 Å². The summed E-state index contributed by atoms with van der Waals surface area (Å²) in [6.45, 7) is 5.02. The third kappa shape index (κ3) is 3.90. The van der Waals surface area contributed by atoms with Gasteiger partial charge >= 0.3 is 0 Å². The predicted molar refractivity (Wildman–Crippen MR) is 121 cm³/mol. The number of hydrogen-bond donors (Lipinski definition) is 0. The number of carbonyl (C=O) groups excluding carboxylic acids is 2. The first-order chi connectivity index (χ1) is 15.6. The zero-order valence-electron chi connectivity index (χ0n) is 18.7. The molecule has 1 spiro atoms. The Bertz CT molecular complexity index is 979. The molecule has 2 aromatic rings. The maximum atomic E-state index is 13.1. The normalized spacial score (nSPS) is 22.7. The SMILES string of the molecule is CN1CCN(C(=O)C[C@@H]2CC3(CCN(C(=O)c4ccnnc4)CC3)c3ccccc32)CC1. The van der Waals surface area contributed by atoms with Crippen LogP contribution in [0.1, 0.15) is 53.1 Å².